The van der Waals surface area contributed by atoms with Crippen LogP contribution in [0.15, 0.2) is 84.9 Å². The highest BCUT2D eigenvalue weighted by atomic mass is 16.5. The van der Waals surface area contributed by atoms with Gasteiger partial charge in [0.2, 0.25) is 5.91 Å². The molecule has 0 aliphatic heterocycles. The summed E-state index contributed by atoms with van der Waals surface area (Å²) in [5.41, 5.74) is 8.12. The molecule has 0 saturated carbocycles. The van der Waals surface area contributed by atoms with E-state index < -0.39 is 5.91 Å². The van der Waals surface area contributed by atoms with Gasteiger partial charge in [-0.2, -0.15) is 0 Å². The Labute approximate surface area is 158 Å². The van der Waals surface area contributed by atoms with Crippen molar-refractivity contribution in [3.8, 4) is 11.5 Å². The molecule has 0 aliphatic carbocycles. The topological polar surface area (TPSA) is 61.6 Å². The van der Waals surface area contributed by atoms with E-state index in [2.05, 4.69) is 0 Å². The number of amides is 1. The lowest BCUT2D eigenvalue weighted by Gasteiger charge is -2.14. The maximum atomic E-state index is 11.0. The average Bonchev–Trinajstić information content (AvgIpc) is 2.71. The Morgan fingerprint density at radius 3 is 1.89 bits per heavy atom. The summed E-state index contributed by atoms with van der Waals surface area (Å²) in [6.07, 6.45) is 2.97. The second-order valence-electron chi connectivity index (χ2n) is 5.99. The summed E-state index contributed by atoms with van der Waals surface area (Å²) in [6, 6.07) is 25.4. The Kier molecular flexibility index (Phi) is 6.26. The molecule has 1 amide bonds. The number of carbonyl (C=O) groups is 1. The lowest BCUT2D eigenvalue weighted by molar-refractivity contribution is -0.113. The number of primary amides is 1. The van der Waals surface area contributed by atoms with Gasteiger partial charge in [0.15, 0.2) is 11.5 Å². The van der Waals surface area contributed by atoms with Crippen molar-refractivity contribution in [2.45, 2.75) is 13.2 Å². The third-order valence-corrected chi connectivity index (χ3v) is 3.88. The fourth-order valence-corrected chi connectivity index (χ4v) is 2.51. The van der Waals surface area contributed by atoms with Crippen molar-refractivity contribution in [3.05, 3.63) is 102 Å². The molecule has 3 aromatic carbocycles. The molecule has 0 fully saturated rings. The quantitative estimate of drug-likeness (QED) is 0.609. The van der Waals surface area contributed by atoms with Gasteiger partial charge < -0.3 is 15.2 Å². The molecule has 136 valence electrons. The second-order valence-corrected chi connectivity index (χ2v) is 5.99. The van der Waals surface area contributed by atoms with Crippen molar-refractivity contribution in [2.75, 3.05) is 0 Å². The minimum Gasteiger partial charge on any atom is -0.485 e. The van der Waals surface area contributed by atoms with E-state index >= 15 is 0 Å². The molecule has 4 heteroatoms. The van der Waals surface area contributed by atoms with E-state index in [1.54, 1.807) is 6.08 Å². The zero-order valence-corrected chi connectivity index (χ0v) is 14.9. The fourth-order valence-electron chi connectivity index (χ4n) is 2.51. The number of hydrogen-bond acceptors (Lipinski definition) is 3. The minimum absolute atomic E-state index is 0.422. The molecule has 0 spiro atoms. The zero-order chi connectivity index (χ0) is 18.9. The SMILES string of the molecule is NC(=O)/C=C\c1ccc(OCc2ccccc2)c(OCc2ccccc2)c1. The standard InChI is InChI=1S/C23H21NO3/c24-23(25)14-12-18-11-13-21(26-16-19-7-3-1-4-8-19)22(15-18)27-17-20-9-5-2-6-10-20/h1-15H,16-17H2,(H2,24,25)/b14-12-. The van der Waals surface area contributed by atoms with E-state index in [-0.39, 0.29) is 0 Å². The predicted molar refractivity (Wildman–Crippen MR) is 106 cm³/mol. The van der Waals surface area contributed by atoms with Crippen LogP contribution in [0.4, 0.5) is 0 Å². The van der Waals surface area contributed by atoms with Gasteiger partial charge in [0.1, 0.15) is 13.2 Å². The van der Waals surface area contributed by atoms with Crippen LogP contribution in [0.2, 0.25) is 0 Å². The van der Waals surface area contributed by atoms with Gasteiger partial charge in [-0.15, -0.1) is 0 Å². The Hall–Kier alpha value is -3.53. The van der Waals surface area contributed by atoms with Crippen LogP contribution in [0, 0.1) is 0 Å². The fraction of sp³-hybridized carbons (Fsp3) is 0.0870. The maximum Gasteiger partial charge on any atom is 0.241 e. The number of nitrogens with two attached hydrogens (primary N) is 1. The van der Waals surface area contributed by atoms with Crippen molar-refractivity contribution >= 4 is 12.0 Å². The molecule has 4 nitrogen and oxygen atoms in total. The first-order valence-corrected chi connectivity index (χ1v) is 8.66. The molecule has 0 atom stereocenters. The Balaban J connectivity index is 1.78. The minimum atomic E-state index is -0.494. The number of carbonyl (C=O) groups excluding carboxylic acids is 1. The highest BCUT2D eigenvalue weighted by Crippen LogP contribution is 2.30. The molecule has 0 heterocycles. The summed E-state index contributed by atoms with van der Waals surface area (Å²) in [5.74, 6) is 0.763. The first kappa shape index (κ1) is 18.3. The third kappa shape index (κ3) is 5.75. The van der Waals surface area contributed by atoms with Crippen LogP contribution in [0.1, 0.15) is 16.7 Å². The molecule has 0 bridgehead atoms. The van der Waals surface area contributed by atoms with Crippen LogP contribution < -0.4 is 15.2 Å². The first-order valence-electron chi connectivity index (χ1n) is 8.66. The number of hydrogen-bond donors (Lipinski definition) is 1. The van der Waals surface area contributed by atoms with Gasteiger partial charge in [-0.25, -0.2) is 0 Å². The molecule has 0 radical (unpaired) electrons. The molecule has 0 unspecified atom stereocenters. The largest absolute Gasteiger partial charge is 0.485 e. The summed E-state index contributed by atoms with van der Waals surface area (Å²) in [6.45, 7) is 0.866. The van der Waals surface area contributed by atoms with Crippen LogP contribution in [0.25, 0.3) is 6.08 Å². The van der Waals surface area contributed by atoms with E-state index in [0.717, 1.165) is 16.7 Å². The number of rotatable bonds is 8. The van der Waals surface area contributed by atoms with E-state index in [1.807, 2.05) is 78.9 Å². The van der Waals surface area contributed by atoms with E-state index in [4.69, 9.17) is 15.2 Å². The normalized spacial score (nSPS) is 10.7. The Morgan fingerprint density at radius 1 is 0.778 bits per heavy atom. The summed E-state index contributed by atoms with van der Waals surface area (Å²) < 4.78 is 11.9. The molecule has 27 heavy (non-hydrogen) atoms. The van der Waals surface area contributed by atoms with Crippen LogP contribution in [-0.2, 0) is 18.0 Å². The second kappa shape index (κ2) is 9.25. The average molecular weight is 359 g/mol. The van der Waals surface area contributed by atoms with Crippen molar-refractivity contribution in [1.29, 1.82) is 0 Å². The monoisotopic (exact) mass is 359 g/mol. The molecular formula is C23H21NO3. The summed E-state index contributed by atoms with van der Waals surface area (Å²) in [4.78, 5) is 11.0. The van der Waals surface area contributed by atoms with E-state index in [0.29, 0.717) is 24.7 Å². The highest BCUT2D eigenvalue weighted by molar-refractivity contribution is 5.90. The molecule has 0 aromatic heterocycles. The lowest BCUT2D eigenvalue weighted by atomic mass is 10.1. The van der Waals surface area contributed by atoms with Gasteiger partial charge in [-0.3, -0.25) is 4.79 Å². The van der Waals surface area contributed by atoms with Gasteiger partial charge in [0.05, 0.1) is 0 Å². The molecule has 3 rings (SSSR count). The predicted octanol–water partition coefficient (Wildman–Crippen LogP) is 4.34. The Morgan fingerprint density at radius 2 is 1.33 bits per heavy atom. The summed E-state index contributed by atoms with van der Waals surface area (Å²) >= 11 is 0. The third-order valence-electron chi connectivity index (χ3n) is 3.88. The van der Waals surface area contributed by atoms with Crippen molar-refractivity contribution < 1.29 is 14.3 Å². The number of benzene rings is 3. The van der Waals surface area contributed by atoms with Gasteiger partial charge in [-0.1, -0.05) is 66.7 Å². The zero-order valence-electron chi connectivity index (χ0n) is 14.9. The van der Waals surface area contributed by atoms with E-state index in [9.17, 15) is 4.79 Å². The van der Waals surface area contributed by atoms with Crippen molar-refractivity contribution in [2.24, 2.45) is 5.73 Å². The Bertz CT molecular complexity index is 905. The maximum absolute atomic E-state index is 11.0. The molecular weight excluding hydrogens is 338 g/mol. The van der Waals surface area contributed by atoms with Gasteiger partial charge in [0, 0.05) is 6.08 Å². The lowest BCUT2D eigenvalue weighted by Crippen LogP contribution is -2.05. The van der Waals surface area contributed by atoms with Crippen molar-refractivity contribution in [1.82, 2.24) is 0 Å². The van der Waals surface area contributed by atoms with E-state index in [1.165, 1.54) is 6.08 Å². The summed E-state index contributed by atoms with van der Waals surface area (Å²) in [5, 5.41) is 0. The highest BCUT2D eigenvalue weighted by Gasteiger charge is 2.07. The molecule has 3 aromatic rings. The smallest absolute Gasteiger partial charge is 0.241 e. The van der Waals surface area contributed by atoms with Gasteiger partial charge >= 0.3 is 0 Å². The number of ether oxygens (including phenoxy) is 2. The van der Waals surface area contributed by atoms with Crippen molar-refractivity contribution in [3.63, 3.8) is 0 Å². The van der Waals surface area contributed by atoms with Crippen LogP contribution in [0.5, 0.6) is 11.5 Å². The summed E-state index contributed by atoms with van der Waals surface area (Å²) in [7, 11) is 0. The molecule has 2 N–H and O–H groups in total. The van der Waals surface area contributed by atoms with Crippen LogP contribution in [0.3, 0.4) is 0 Å². The molecule has 0 saturated heterocycles. The van der Waals surface area contributed by atoms with Gasteiger partial charge in [-0.05, 0) is 34.9 Å². The van der Waals surface area contributed by atoms with Crippen LogP contribution >= 0.6 is 0 Å². The van der Waals surface area contributed by atoms with Gasteiger partial charge in [0.25, 0.3) is 0 Å². The van der Waals surface area contributed by atoms with Crippen LogP contribution in [-0.4, -0.2) is 5.91 Å². The molecule has 0 aliphatic rings. The first-order chi connectivity index (χ1) is 13.2.